The Morgan fingerprint density at radius 1 is 1.20 bits per heavy atom. The number of piperidine rings is 1. The van der Waals surface area contributed by atoms with Gasteiger partial charge in [0.15, 0.2) is 0 Å². The summed E-state index contributed by atoms with van der Waals surface area (Å²) in [5.74, 6) is 0.653. The van der Waals surface area contributed by atoms with Crippen molar-refractivity contribution in [3.63, 3.8) is 0 Å². The molecule has 0 spiro atoms. The zero-order valence-corrected chi connectivity index (χ0v) is 14.1. The quantitative estimate of drug-likeness (QED) is 0.359. The molecule has 0 bridgehead atoms. The third-order valence-corrected chi connectivity index (χ3v) is 4.35. The third-order valence-electron chi connectivity index (χ3n) is 4.13. The minimum Gasteiger partial charge on any atom is -0.426 e. The molecule has 2 heterocycles. The normalized spacial score (nSPS) is 15.0. The predicted molar refractivity (Wildman–Crippen MR) is 92.9 cm³/mol. The number of carbonyl (C=O) groups excluding carboxylic acids is 1. The highest BCUT2D eigenvalue weighted by Gasteiger charge is 2.27. The number of benzene rings is 1. The number of pyridine rings is 1. The Hall–Kier alpha value is -2.67. The molecule has 1 aromatic heterocycles. The Morgan fingerprint density at radius 2 is 1.88 bits per heavy atom. The van der Waals surface area contributed by atoms with Crippen molar-refractivity contribution < 1.29 is 14.5 Å². The van der Waals surface area contributed by atoms with Gasteiger partial charge in [-0.05, 0) is 37.1 Å². The van der Waals surface area contributed by atoms with Crippen LogP contribution in [0.25, 0.3) is 0 Å². The molecule has 1 aromatic carbocycles. The zero-order chi connectivity index (χ0) is 17.8. The number of nitrogens with zero attached hydrogens (tertiary/aromatic N) is 3. The first-order valence-electron chi connectivity index (χ1n) is 7.85. The molecule has 0 amide bonds. The van der Waals surface area contributed by atoms with Crippen LogP contribution >= 0.6 is 11.6 Å². The van der Waals surface area contributed by atoms with Gasteiger partial charge in [0.1, 0.15) is 11.6 Å². The number of hydrogen-bond donors (Lipinski definition) is 0. The number of aromatic nitrogens is 1. The summed E-state index contributed by atoms with van der Waals surface area (Å²) in [6.07, 6.45) is 2.93. The first kappa shape index (κ1) is 17.2. The lowest BCUT2D eigenvalue weighted by atomic mass is 9.97. The van der Waals surface area contributed by atoms with Crippen molar-refractivity contribution in [2.75, 3.05) is 18.0 Å². The molecule has 3 rings (SSSR count). The van der Waals surface area contributed by atoms with Crippen molar-refractivity contribution >= 4 is 29.1 Å². The van der Waals surface area contributed by atoms with Crippen LogP contribution in [0.15, 0.2) is 42.6 Å². The van der Waals surface area contributed by atoms with Crippen molar-refractivity contribution in [3.8, 4) is 5.75 Å². The van der Waals surface area contributed by atoms with Crippen LogP contribution in [-0.4, -0.2) is 29.0 Å². The number of hydrogen-bond acceptors (Lipinski definition) is 6. The summed E-state index contributed by atoms with van der Waals surface area (Å²) >= 11 is 5.84. The molecule has 7 nitrogen and oxygen atoms in total. The molecule has 130 valence electrons. The van der Waals surface area contributed by atoms with Crippen molar-refractivity contribution in [1.29, 1.82) is 0 Å². The Kier molecular flexibility index (Phi) is 5.14. The molecule has 1 saturated heterocycles. The Bertz CT molecular complexity index is 756. The predicted octanol–water partition coefficient (Wildman–Crippen LogP) is 3.47. The average Bonchev–Trinajstić information content (AvgIpc) is 2.63. The van der Waals surface area contributed by atoms with E-state index in [4.69, 9.17) is 16.3 Å². The minimum absolute atomic E-state index is 0.0384. The zero-order valence-electron chi connectivity index (χ0n) is 13.3. The Balaban J connectivity index is 1.54. The lowest BCUT2D eigenvalue weighted by Gasteiger charge is -2.31. The van der Waals surface area contributed by atoms with Crippen molar-refractivity contribution in [1.82, 2.24) is 4.98 Å². The van der Waals surface area contributed by atoms with E-state index in [1.54, 1.807) is 12.3 Å². The van der Waals surface area contributed by atoms with Crippen LogP contribution in [0.1, 0.15) is 12.8 Å². The Labute approximate surface area is 149 Å². The molecule has 0 unspecified atom stereocenters. The molecule has 25 heavy (non-hydrogen) atoms. The van der Waals surface area contributed by atoms with Gasteiger partial charge in [-0.3, -0.25) is 14.9 Å². The highest BCUT2D eigenvalue weighted by Crippen LogP contribution is 2.25. The maximum absolute atomic E-state index is 12.3. The van der Waals surface area contributed by atoms with Crippen LogP contribution in [0.2, 0.25) is 5.02 Å². The van der Waals surface area contributed by atoms with Gasteiger partial charge in [-0.25, -0.2) is 4.98 Å². The van der Waals surface area contributed by atoms with Gasteiger partial charge in [0, 0.05) is 31.4 Å². The van der Waals surface area contributed by atoms with Crippen LogP contribution < -0.4 is 9.64 Å². The number of esters is 1. The van der Waals surface area contributed by atoms with Crippen molar-refractivity contribution in [2.45, 2.75) is 12.8 Å². The summed E-state index contributed by atoms with van der Waals surface area (Å²) < 4.78 is 5.33. The molecule has 2 aromatic rings. The van der Waals surface area contributed by atoms with Crippen LogP contribution in [0.5, 0.6) is 5.75 Å². The second kappa shape index (κ2) is 7.48. The lowest BCUT2D eigenvalue weighted by molar-refractivity contribution is -0.384. The van der Waals surface area contributed by atoms with Gasteiger partial charge in [-0.2, -0.15) is 0 Å². The summed E-state index contributed by atoms with van der Waals surface area (Å²) in [5.41, 5.74) is -0.0384. The van der Waals surface area contributed by atoms with Gasteiger partial charge in [-0.1, -0.05) is 11.6 Å². The van der Waals surface area contributed by atoms with E-state index in [0.29, 0.717) is 36.7 Å². The average molecular weight is 362 g/mol. The summed E-state index contributed by atoms with van der Waals surface area (Å²) in [7, 11) is 0. The van der Waals surface area contributed by atoms with Crippen LogP contribution in [0, 0.1) is 16.0 Å². The van der Waals surface area contributed by atoms with Crippen LogP contribution in [-0.2, 0) is 4.79 Å². The van der Waals surface area contributed by atoms with Crippen molar-refractivity contribution in [3.05, 3.63) is 57.7 Å². The smallest absolute Gasteiger partial charge is 0.314 e. The molecule has 1 aliphatic rings. The van der Waals surface area contributed by atoms with Crippen molar-refractivity contribution in [2.24, 2.45) is 5.92 Å². The van der Waals surface area contributed by atoms with E-state index in [-0.39, 0.29) is 17.6 Å². The second-order valence-electron chi connectivity index (χ2n) is 5.77. The fraction of sp³-hybridized carbons (Fsp3) is 0.294. The van der Waals surface area contributed by atoms with Gasteiger partial charge in [0.05, 0.1) is 15.9 Å². The molecule has 0 atom stereocenters. The number of anilines is 1. The standard InChI is InChI=1S/C17H16ClN3O4/c18-13-1-6-16(19-11-13)20-9-7-12(8-10-20)17(22)25-15-4-2-14(3-5-15)21(23)24/h1-6,11-12H,7-10H2. The van der Waals surface area contributed by atoms with E-state index < -0.39 is 4.92 Å². The van der Waals surface area contributed by atoms with E-state index in [2.05, 4.69) is 9.88 Å². The number of carbonyl (C=O) groups is 1. The van der Waals surface area contributed by atoms with E-state index in [9.17, 15) is 14.9 Å². The SMILES string of the molecule is O=C(Oc1ccc([N+](=O)[O-])cc1)C1CCN(c2ccc(Cl)cn2)CC1. The molecule has 0 radical (unpaired) electrons. The van der Waals surface area contributed by atoms with E-state index in [1.165, 1.54) is 24.3 Å². The summed E-state index contributed by atoms with van der Waals surface area (Å²) in [4.78, 5) is 28.8. The molecule has 0 saturated carbocycles. The number of ether oxygens (including phenoxy) is 1. The summed E-state index contributed by atoms with van der Waals surface area (Å²) in [6, 6.07) is 9.15. The number of nitro benzene ring substituents is 1. The second-order valence-corrected chi connectivity index (χ2v) is 6.20. The van der Waals surface area contributed by atoms with E-state index in [1.807, 2.05) is 6.07 Å². The van der Waals surface area contributed by atoms with Gasteiger partial charge in [0.2, 0.25) is 0 Å². The number of rotatable bonds is 4. The number of halogens is 1. The Morgan fingerprint density at radius 3 is 2.44 bits per heavy atom. The first-order chi connectivity index (χ1) is 12.0. The highest BCUT2D eigenvalue weighted by molar-refractivity contribution is 6.30. The largest absolute Gasteiger partial charge is 0.426 e. The molecular formula is C17H16ClN3O4. The first-order valence-corrected chi connectivity index (χ1v) is 8.23. The number of nitro groups is 1. The number of non-ortho nitro benzene ring substituents is 1. The van der Waals surface area contributed by atoms with E-state index in [0.717, 1.165) is 5.82 Å². The molecule has 0 aliphatic carbocycles. The molecule has 0 N–H and O–H groups in total. The fourth-order valence-corrected chi connectivity index (χ4v) is 2.85. The lowest BCUT2D eigenvalue weighted by Crippen LogP contribution is -2.38. The van der Waals surface area contributed by atoms with Crippen LogP contribution in [0.3, 0.4) is 0 Å². The highest BCUT2D eigenvalue weighted by atomic mass is 35.5. The fourth-order valence-electron chi connectivity index (χ4n) is 2.73. The molecule has 1 fully saturated rings. The minimum atomic E-state index is -0.494. The van der Waals surface area contributed by atoms with Gasteiger partial charge < -0.3 is 9.64 Å². The maximum Gasteiger partial charge on any atom is 0.314 e. The monoisotopic (exact) mass is 361 g/mol. The van der Waals surface area contributed by atoms with Gasteiger partial charge in [0.25, 0.3) is 5.69 Å². The summed E-state index contributed by atoms with van der Waals surface area (Å²) in [6.45, 7) is 1.41. The third kappa shape index (κ3) is 4.24. The summed E-state index contributed by atoms with van der Waals surface area (Å²) in [5, 5.41) is 11.2. The molecule has 8 heteroatoms. The molecule has 1 aliphatic heterocycles. The van der Waals surface area contributed by atoms with E-state index >= 15 is 0 Å². The maximum atomic E-state index is 12.3. The topological polar surface area (TPSA) is 85.6 Å². The van der Waals surface area contributed by atoms with Crippen LogP contribution in [0.4, 0.5) is 11.5 Å². The molecular weight excluding hydrogens is 346 g/mol. The van der Waals surface area contributed by atoms with Gasteiger partial charge >= 0.3 is 5.97 Å². The van der Waals surface area contributed by atoms with Gasteiger partial charge in [-0.15, -0.1) is 0 Å².